The fraction of sp³-hybridized carbons (Fsp3) is 0.636. The Kier molecular flexibility index (Phi) is 3.17. The van der Waals surface area contributed by atoms with Gasteiger partial charge in [-0.15, -0.1) is 0 Å². The number of carbonyl (C=O) groups is 1. The van der Waals surface area contributed by atoms with Gasteiger partial charge in [-0.2, -0.15) is 5.10 Å². The van der Waals surface area contributed by atoms with Crippen LogP contribution in [0.1, 0.15) is 38.4 Å². The first-order valence-electron chi connectivity index (χ1n) is 5.05. The minimum Gasteiger partial charge on any atom is -0.481 e. The van der Waals surface area contributed by atoms with E-state index in [1.54, 1.807) is 4.68 Å². The third-order valence-corrected chi connectivity index (χ3v) is 2.29. The predicted octanol–water partition coefficient (Wildman–Crippen LogP) is 1.73. The van der Waals surface area contributed by atoms with E-state index in [1.807, 2.05) is 13.2 Å². The molecule has 0 fully saturated rings. The Hall–Kier alpha value is -1.32. The third kappa shape index (κ3) is 3.08. The Morgan fingerprint density at radius 2 is 2.13 bits per heavy atom. The number of carboxylic acids is 1. The predicted molar refractivity (Wildman–Crippen MR) is 57.9 cm³/mol. The third-order valence-electron chi connectivity index (χ3n) is 2.29. The number of aliphatic carboxylic acids is 1. The standard InChI is InChI=1S/C11H18N2O2/c1-11(2,3)8-7-13(4)12-9(8)5-6-10(14)15/h7H,5-6H2,1-4H3,(H,14,15). The smallest absolute Gasteiger partial charge is 0.303 e. The van der Waals surface area contributed by atoms with Gasteiger partial charge in [-0.05, 0) is 11.0 Å². The van der Waals surface area contributed by atoms with Crippen molar-refractivity contribution < 1.29 is 9.90 Å². The zero-order valence-corrected chi connectivity index (χ0v) is 9.74. The molecule has 1 rings (SSSR count). The highest BCUT2D eigenvalue weighted by Gasteiger charge is 2.21. The number of aromatic nitrogens is 2. The van der Waals surface area contributed by atoms with E-state index < -0.39 is 5.97 Å². The Balaban J connectivity index is 2.91. The molecular weight excluding hydrogens is 192 g/mol. The van der Waals surface area contributed by atoms with E-state index in [0.717, 1.165) is 11.3 Å². The van der Waals surface area contributed by atoms with Crippen molar-refractivity contribution in [2.75, 3.05) is 0 Å². The molecule has 0 aliphatic heterocycles. The van der Waals surface area contributed by atoms with Crippen molar-refractivity contribution in [2.45, 2.75) is 39.0 Å². The van der Waals surface area contributed by atoms with E-state index in [2.05, 4.69) is 25.9 Å². The maximum Gasteiger partial charge on any atom is 0.303 e. The van der Waals surface area contributed by atoms with Crippen LogP contribution in [0, 0.1) is 0 Å². The molecule has 0 bridgehead atoms. The molecule has 4 nitrogen and oxygen atoms in total. The zero-order valence-electron chi connectivity index (χ0n) is 9.74. The van der Waals surface area contributed by atoms with E-state index in [4.69, 9.17) is 5.11 Å². The molecule has 0 amide bonds. The van der Waals surface area contributed by atoms with Crippen LogP contribution in [-0.4, -0.2) is 20.9 Å². The summed E-state index contributed by atoms with van der Waals surface area (Å²) in [7, 11) is 1.86. The van der Waals surface area contributed by atoms with Crippen molar-refractivity contribution in [1.29, 1.82) is 0 Å². The summed E-state index contributed by atoms with van der Waals surface area (Å²) >= 11 is 0. The maximum atomic E-state index is 10.5. The van der Waals surface area contributed by atoms with Crippen molar-refractivity contribution >= 4 is 5.97 Å². The summed E-state index contributed by atoms with van der Waals surface area (Å²) in [5.41, 5.74) is 2.04. The van der Waals surface area contributed by atoms with Crippen molar-refractivity contribution in [2.24, 2.45) is 7.05 Å². The second-order valence-electron chi connectivity index (χ2n) is 4.81. The highest BCUT2D eigenvalue weighted by atomic mass is 16.4. The molecule has 84 valence electrons. The molecule has 15 heavy (non-hydrogen) atoms. The minimum atomic E-state index is -0.777. The Morgan fingerprint density at radius 1 is 1.53 bits per heavy atom. The van der Waals surface area contributed by atoms with Crippen LogP contribution >= 0.6 is 0 Å². The van der Waals surface area contributed by atoms with Crippen LogP contribution in [0.15, 0.2) is 6.20 Å². The lowest BCUT2D eigenvalue weighted by molar-refractivity contribution is -0.136. The van der Waals surface area contributed by atoms with Crippen molar-refractivity contribution in [3.63, 3.8) is 0 Å². The molecule has 1 N–H and O–H groups in total. The zero-order chi connectivity index (χ0) is 11.6. The first-order chi connectivity index (χ1) is 6.80. The van der Waals surface area contributed by atoms with Crippen molar-refractivity contribution in [3.8, 4) is 0 Å². The summed E-state index contributed by atoms with van der Waals surface area (Å²) in [6.45, 7) is 6.32. The van der Waals surface area contributed by atoms with Gasteiger partial charge in [-0.1, -0.05) is 20.8 Å². The molecule has 0 saturated carbocycles. The topological polar surface area (TPSA) is 55.1 Å². The van der Waals surface area contributed by atoms with Gasteiger partial charge in [0.2, 0.25) is 0 Å². The molecular formula is C11H18N2O2. The van der Waals surface area contributed by atoms with Gasteiger partial charge in [0.1, 0.15) is 0 Å². The van der Waals surface area contributed by atoms with Gasteiger partial charge >= 0.3 is 5.97 Å². The Labute approximate surface area is 89.9 Å². The highest BCUT2D eigenvalue weighted by Crippen LogP contribution is 2.25. The van der Waals surface area contributed by atoms with Gasteiger partial charge in [0.15, 0.2) is 0 Å². The van der Waals surface area contributed by atoms with Crippen LogP contribution in [0.5, 0.6) is 0 Å². The molecule has 0 saturated heterocycles. The fourth-order valence-electron chi connectivity index (χ4n) is 1.57. The largest absolute Gasteiger partial charge is 0.481 e. The van der Waals surface area contributed by atoms with E-state index in [1.165, 1.54) is 0 Å². The molecule has 4 heteroatoms. The number of hydrogen-bond donors (Lipinski definition) is 1. The molecule has 0 aromatic carbocycles. The number of rotatable bonds is 3. The molecule has 0 unspecified atom stereocenters. The molecule has 0 aliphatic rings. The summed E-state index contributed by atoms with van der Waals surface area (Å²) in [6, 6.07) is 0. The van der Waals surface area contributed by atoms with Gasteiger partial charge < -0.3 is 5.11 Å². The summed E-state index contributed by atoms with van der Waals surface area (Å²) in [4.78, 5) is 10.5. The fourth-order valence-corrected chi connectivity index (χ4v) is 1.57. The number of aryl methyl sites for hydroxylation is 2. The average molecular weight is 210 g/mol. The van der Waals surface area contributed by atoms with Crippen molar-refractivity contribution in [3.05, 3.63) is 17.5 Å². The molecule has 1 heterocycles. The van der Waals surface area contributed by atoms with Crippen molar-refractivity contribution in [1.82, 2.24) is 9.78 Å². The summed E-state index contributed by atoms with van der Waals surface area (Å²) in [5, 5.41) is 12.9. The van der Waals surface area contributed by atoms with Crippen LogP contribution in [0.3, 0.4) is 0 Å². The van der Waals surface area contributed by atoms with Crippen LogP contribution in [0.2, 0.25) is 0 Å². The second kappa shape index (κ2) is 4.04. The lowest BCUT2D eigenvalue weighted by atomic mass is 9.86. The summed E-state index contributed by atoms with van der Waals surface area (Å²) in [6.07, 6.45) is 2.61. The number of carboxylic acid groups (broad SMARTS) is 1. The summed E-state index contributed by atoms with van der Waals surface area (Å²) in [5.74, 6) is -0.777. The van der Waals surface area contributed by atoms with Crippen LogP contribution < -0.4 is 0 Å². The van der Waals surface area contributed by atoms with Crippen LogP contribution in [0.4, 0.5) is 0 Å². The Bertz CT molecular complexity index is 361. The molecule has 0 aliphatic carbocycles. The van der Waals surface area contributed by atoms with Gasteiger partial charge in [-0.25, -0.2) is 0 Å². The molecule has 0 atom stereocenters. The van der Waals surface area contributed by atoms with E-state index in [0.29, 0.717) is 6.42 Å². The average Bonchev–Trinajstić information content (AvgIpc) is 2.42. The van der Waals surface area contributed by atoms with Gasteiger partial charge in [0.05, 0.1) is 12.1 Å². The first kappa shape index (κ1) is 11.8. The van der Waals surface area contributed by atoms with E-state index >= 15 is 0 Å². The van der Waals surface area contributed by atoms with E-state index in [9.17, 15) is 4.79 Å². The van der Waals surface area contributed by atoms with Crippen LogP contribution in [-0.2, 0) is 23.7 Å². The second-order valence-corrected chi connectivity index (χ2v) is 4.81. The number of nitrogens with zero attached hydrogens (tertiary/aromatic N) is 2. The molecule has 0 radical (unpaired) electrons. The van der Waals surface area contributed by atoms with Gasteiger partial charge in [-0.3, -0.25) is 9.48 Å². The van der Waals surface area contributed by atoms with Gasteiger partial charge in [0.25, 0.3) is 0 Å². The van der Waals surface area contributed by atoms with E-state index in [-0.39, 0.29) is 11.8 Å². The maximum absolute atomic E-state index is 10.5. The first-order valence-corrected chi connectivity index (χ1v) is 5.05. The Morgan fingerprint density at radius 3 is 2.60 bits per heavy atom. The SMILES string of the molecule is Cn1cc(C(C)(C)C)c(CCC(=O)O)n1. The quantitative estimate of drug-likeness (QED) is 0.826. The van der Waals surface area contributed by atoms with Gasteiger partial charge in [0, 0.05) is 19.7 Å². The number of hydrogen-bond acceptors (Lipinski definition) is 2. The van der Waals surface area contributed by atoms with Crippen LogP contribution in [0.25, 0.3) is 0 Å². The molecule has 1 aromatic rings. The normalized spacial score (nSPS) is 11.7. The lowest BCUT2D eigenvalue weighted by Crippen LogP contribution is -2.13. The highest BCUT2D eigenvalue weighted by molar-refractivity contribution is 5.67. The monoisotopic (exact) mass is 210 g/mol. The lowest BCUT2D eigenvalue weighted by Gasteiger charge is -2.17. The molecule has 0 spiro atoms. The summed E-state index contributed by atoms with van der Waals surface area (Å²) < 4.78 is 1.75. The minimum absolute atomic E-state index is 0.0160. The molecule has 1 aromatic heterocycles.